The third kappa shape index (κ3) is 3.11. The maximum atomic E-state index is 13.4. The highest BCUT2D eigenvalue weighted by Crippen LogP contribution is 2.55. The third-order valence-electron chi connectivity index (χ3n) is 8.89. The molecule has 0 radical (unpaired) electrons. The number of fused-ring (bicyclic) bond motifs is 3. The average Bonchev–Trinajstić information content (AvgIpc) is 3.15. The number of aromatic nitrogens is 2. The number of nitrogens with zero attached hydrogens (tertiary/aromatic N) is 3. The molecule has 3 heterocycles. The summed E-state index contributed by atoms with van der Waals surface area (Å²) < 4.78 is 13.3. The fourth-order valence-electron chi connectivity index (χ4n) is 6.59. The van der Waals surface area contributed by atoms with E-state index in [1.165, 1.54) is 5.56 Å². The lowest BCUT2D eigenvalue weighted by Gasteiger charge is -2.42. The lowest BCUT2D eigenvalue weighted by Crippen LogP contribution is -2.49. The van der Waals surface area contributed by atoms with Gasteiger partial charge in [-0.25, -0.2) is 4.98 Å². The summed E-state index contributed by atoms with van der Waals surface area (Å²) in [5.74, 6) is 2.64. The van der Waals surface area contributed by atoms with Crippen molar-refractivity contribution in [2.24, 2.45) is 5.92 Å². The van der Waals surface area contributed by atoms with E-state index in [2.05, 4.69) is 22.3 Å². The molecule has 33 heavy (non-hydrogen) atoms. The molecule has 1 aromatic carbocycles. The summed E-state index contributed by atoms with van der Waals surface area (Å²) >= 11 is 6.10. The second-order valence-electron chi connectivity index (χ2n) is 10.9. The molecule has 4 fully saturated rings. The van der Waals surface area contributed by atoms with Crippen LogP contribution in [-0.4, -0.2) is 48.8 Å². The highest BCUT2D eigenvalue weighted by atomic mass is 35.5. The minimum Gasteiger partial charge on any atom is -0.394 e. The summed E-state index contributed by atoms with van der Waals surface area (Å²) in [6.07, 6.45) is 8.02. The van der Waals surface area contributed by atoms with Gasteiger partial charge in [-0.2, -0.15) is 4.98 Å². The van der Waals surface area contributed by atoms with Crippen LogP contribution < -0.4 is 10.2 Å². The number of aliphatic hydroxyl groups excluding tert-OH is 1. The molecule has 3 saturated carbocycles. The monoisotopic (exact) mass is 484 g/mol. The number of aliphatic hydroxyl groups is 1. The maximum absolute atomic E-state index is 13.4. The first-order valence-corrected chi connectivity index (χ1v) is 13.8. The number of hydrogen-bond acceptors (Lipinski definition) is 6. The highest BCUT2D eigenvalue weighted by molar-refractivity contribution is 7.87. The van der Waals surface area contributed by atoms with E-state index in [9.17, 15) is 9.32 Å². The van der Waals surface area contributed by atoms with Crippen molar-refractivity contribution in [2.45, 2.75) is 78.5 Å². The molecule has 5 aliphatic rings. The van der Waals surface area contributed by atoms with Crippen molar-refractivity contribution in [3.63, 3.8) is 0 Å². The normalized spacial score (nSPS) is 32.1. The second-order valence-corrected chi connectivity index (χ2v) is 13.1. The van der Waals surface area contributed by atoms with Crippen LogP contribution in [0.5, 0.6) is 0 Å². The van der Waals surface area contributed by atoms with E-state index in [0.29, 0.717) is 23.7 Å². The molecule has 1 spiro atoms. The lowest BCUT2D eigenvalue weighted by atomic mass is 9.77. The fourth-order valence-corrected chi connectivity index (χ4v) is 8.50. The topological polar surface area (TPSA) is 78.4 Å². The van der Waals surface area contributed by atoms with Gasteiger partial charge in [0.05, 0.1) is 33.4 Å². The van der Waals surface area contributed by atoms with Gasteiger partial charge in [-0.1, -0.05) is 23.7 Å². The Morgan fingerprint density at radius 3 is 2.55 bits per heavy atom. The molecule has 2 aromatic rings. The van der Waals surface area contributed by atoms with Crippen molar-refractivity contribution in [3.05, 3.63) is 40.5 Å². The number of benzene rings is 1. The van der Waals surface area contributed by atoms with Gasteiger partial charge >= 0.3 is 0 Å². The molecule has 3 aliphatic carbocycles. The molecular weight excluding hydrogens is 456 g/mol. The van der Waals surface area contributed by atoms with Crippen molar-refractivity contribution in [1.82, 2.24) is 9.97 Å². The molecule has 6 nitrogen and oxygen atoms in total. The van der Waals surface area contributed by atoms with Gasteiger partial charge in [-0.15, -0.1) is 0 Å². The van der Waals surface area contributed by atoms with Crippen LogP contribution in [0.3, 0.4) is 0 Å². The van der Waals surface area contributed by atoms with Crippen molar-refractivity contribution < 1.29 is 9.32 Å². The molecule has 174 valence electrons. The van der Waals surface area contributed by atoms with Crippen LogP contribution in [0.25, 0.3) is 0 Å². The second kappa shape index (κ2) is 7.15. The zero-order valence-corrected chi connectivity index (χ0v) is 20.2. The molecule has 4 atom stereocenters. The first-order valence-electron chi connectivity index (χ1n) is 12.2. The molecule has 2 bridgehead atoms. The summed E-state index contributed by atoms with van der Waals surface area (Å²) in [7, 11) is -1.07. The van der Waals surface area contributed by atoms with Gasteiger partial charge < -0.3 is 15.3 Å². The molecule has 2 aliphatic heterocycles. The van der Waals surface area contributed by atoms with E-state index in [0.717, 1.165) is 79.5 Å². The number of rotatable bonds is 5. The fraction of sp³-hybridized carbons (Fsp3) is 0.600. The quantitative estimate of drug-likeness (QED) is 0.667. The molecule has 1 saturated heterocycles. The summed E-state index contributed by atoms with van der Waals surface area (Å²) in [5.41, 5.74) is 2.01. The first kappa shape index (κ1) is 20.7. The smallest absolute Gasteiger partial charge is 0.227 e. The van der Waals surface area contributed by atoms with Crippen LogP contribution in [-0.2, 0) is 17.2 Å². The largest absolute Gasteiger partial charge is 0.394 e. The molecule has 2 N–H and O–H groups in total. The zero-order valence-electron chi connectivity index (χ0n) is 18.6. The van der Waals surface area contributed by atoms with E-state index in [-0.39, 0.29) is 16.9 Å². The van der Waals surface area contributed by atoms with Gasteiger partial charge in [0.25, 0.3) is 0 Å². The third-order valence-corrected chi connectivity index (χ3v) is 11.3. The van der Waals surface area contributed by atoms with E-state index in [1.54, 1.807) is 0 Å². The Hall–Kier alpha value is -1.70. The van der Waals surface area contributed by atoms with Crippen molar-refractivity contribution in [1.29, 1.82) is 0 Å². The Bertz CT molecular complexity index is 1140. The Morgan fingerprint density at radius 1 is 1.15 bits per heavy atom. The summed E-state index contributed by atoms with van der Waals surface area (Å²) in [6, 6.07) is 8.76. The Labute approximate surface area is 201 Å². The van der Waals surface area contributed by atoms with Crippen molar-refractivity contribution >= 4 is 34.2 Å². The molecule has 7 rings (SSSR count). The average molecular weight is 485 g/mol. The van der Waals surface area contributed by atoms with Crippen molar-refractivity contribution in [3.8, 4) is 0 Å². The van der Waals surface area contributed by atoms with Gasteiger partial charge in [-0.05, 0) is 74.5 Å². The van der Waals surface area contributed by atoms with Gasteiger partial charge in [0.1, 0.15) is 10.7 Å². The van der Waals surface area contributed by atoms with E-state index in [1.807, 2.05) is 12.1 Å². The summed E-state index contributed by atoms with van der Waals surface area (Å²) in [6.45, 7) is 1.03. The van der Waals surface area contributed by atoms with Crippen LogP contribution in [0.4, 0.5) is 11.8 Å². The maximum Gasteiger partial charge on any atom is 0.227 e. The van der Waals surface area contributed by atoms with E-state index >= 15 is 0 Å². The molecule has 0 amide bonds. The van der Waals surface area contributed by atoms with Crippen LogP contribution in [0.1, 0.15) is 62.1 Å². The molecule has 1 aromatic heterocycles. The number of anilines is 2. The van der Waals surface area contributed by atoms with E-state index < -0.39 is 10.8 Å². The van der Waals surface area contributed by atoms with Crippen molar-refractivity contribution in [2.75, 3.05) is 23.4 Å². The highest BCUT2D eigenvalue weighted by Gasteiger charge is 2.56. The molecule has 8 heteroatoms. The number of nitrogens with one attached hydrogen (secondary N) is 1. The Balaban J connectivity index is 1.20. The van der Waals surface area contributed by atoms with Gasteiger partial charge in [0.2, 0.25) is 5.95 Å². The summed E-state index contributed by atoms with van der Waals surface area (Å²) in [4.78, 5) is 13.2. The molecule has 3 unspecified atom stereocenters. The number of hydrogen-bond donors (Lipinski definition) is 2. The minimum absolute atomic E-state index is 0.0794. The van der Waals surface area contributed by atoms with Crippen LogP contribution in [0, 0.1) is 5.92 Å². The van der Waals surface area contributed by atoms with Gasteiger partial charge in [0, 0.05) is 24.0 Å². The Kier molecular flexibility index (Phi) is 4.48. The minimum atomic E-state index is -1.07. The van der Waals surface area contributed by atoms with Gasteiger partial charge in [-0.3, -0.25) is 4.21 Å². The van der Waals surface area contributed by atoms with E-state index in [4.69, 9.17) is 21.6 Å². The Morgan fingerprint density at radius 2 is 1.94 bits per heavy atom. The summed E-state index contributed by atoms with van der Waals surface area (Å²) in [5, 5.41) is 14.4. The predicted octanol–water partition coefficient (Wildman–Crippen LogP) is 4.04. The lowest BCUT2D eigenvalue weighted by molar-refractivity contribution is 0.143. The standard InChI is InChI=1S/C25H29ClN4O2S/c26-17-4-2-15(3-5-17)19-11-18-10-16(19)13-30(18)23-27-20-12-25(8-9-25)33(32)21(20)22(28-23)29-24(14-31)6-1-7-24/h2-5,16,18-19,31H,1,6-14H2,(H,27,28,29)/t16?,18?,19?,33-/m1/s1. The first-order chi connectivity index (χ1) is 16.0. The van der Waals surface area contributed by atoms with Crippen LogP contribution >= 0.6 is 11.6 Å². The number of piperidine rings is 1. The predicted molar refractivity (Wildman–Crippen MR) is 129 cm³/mol. The number of halogens is 1. The van der Waals surface area contributed by atoms with Crippen LogP contribution in [0.2, 0.25) is 5.02 Å². The molecular formula is C25H29ClN4O2S. The van der Waals surface area contributed by atoms with Gasteiger partial charge in [0.15, 0.2) is 0 Å². The SMILES string of the molecule is O=[S@@]1c2c(nc(N3CC4CC3CC4c3ccc(Cl)cc3)nc2NC2(CO)CCC2)CC12CC2. The zero-order chi connectivity index (χ0) is 22.4. The van der Waals surface area contributed by atoms with Crippen LogP contribution in [0.15, 0.2) is 29.2 Å².